The van der Waals surface area contributed by atoms with Gasteiger partial charge in [0, 0.05) is 17.1 Å². The minimum absolute atomic E-state index is 0.337. The minimum Gasteiger partial charge on any atom is -0.456 e. The van der Waals surface area contributed by atoms with Crippen molar-refractivity contribution in [2.75, 3.05) is 7.05 Å². The SMILES string of the molecule is CNCc1cc(F)cc(Oc2ccc(Br)cc2Cl)c1. The molecule has 0 saturated heterocycles. The van der Waals surface area contributed by atoms with Crippen LogP contribution in [0.3, 0.4) is 0 Å². The highest BCUT2D eigenvalue weighted by molar-refractivity contribution is 9.10. The first-order valence-corrected chi connectivity index (χ1v) is 6.82. The van der Waals surface area contributed by atoms with Gasteiger partial charge >= 0.3 is 0 Å². The maximum absolute atomic E-state index is 13.5. The first kappa shape index (κ1) is 14.3. The Labute approximate surface area is 124 Å². The summed E-state index contributed by atoms with van der Waals surface area (Å²) in [6.07, 6.45) is 0. The Kier molecular flexibility index (Phi) is 4.80. The maximum atomic E-state index is 13.5. The van der Waals surface area contributed by atoms with Crippen LogP contribution in [-0.4, -0.2) is 7.05 Å². The molecule has 0 aromatic heterocycles. The third-order valence-electron chi connectivity index (χ3n) is 2.43. The van der Waals surface area contributed by atoms with Gasteiger partial charge < -0.3 is 10.1 Å². The first-order valence-electron chi connectivity index (χ1n) is 5.65. The Balaban J connectivity index is 2.27. The summed E-state index contributed by atoms with van der Waals surface area (Å²) in [5.41, 5.74) is 0.811. The average Bonchev–Trinajstić information content (AvgIpc) is 2.32. The van der Waals surface area contributed by atoms with Crippen molar-refractivity contribution in [1.29, 1.82) is 0 Å². The summed E-state index contributed by atoms with van der Waals surface area (Å²) < 4.78 is 19.9. The summed E-state index contributed by atoms with van der Waals surface area (Å²) in [5.74, 6) is 0.580. The van der Waals surface area contributed by atoms with Gasteiger partial charge in [-0.25, -0.2) is 4.39 Å². The van der Waals surface area contributed by atoms with Crippen LogP contribution in [0.1, 0.15) is 5.56 Å². The van der Waals surface area contributed by atoms with E-state index in [4.69, 9.17) is 16.3 Å². The molecule has 100 valence electrons. The fraction of sp³-hybridized carbons (Fsp3) is 0.143. The van der Waals surface area contributed by atoms with Crippen molar-refractivity contribution in [1.82, 2.24) is 5.32 Å². The lowest BCUT2D eigenvalue weighted by atomic mass is 10.2. The monoisotopic (exact) mass is 343 g/mol. The molecular weight excluding hydrogens is 333 g/mol. The van der Waals surface area contributed by atoms with E-state index in [0.29, 0.717) is 23.1 Å². The molecule has 0 bridgehead atoms. The van der Waals surface area contributed by atoms with Crippen LogP contribution in [0, 0.1) is 5.82 Å². The molecule has 2 aromatic rings. The lowest BCUT2D eigenvalue weighted by Gasteiger charge is -2.10. The Hall–Kier alpha value is -1.10. The molecule has 0 aliphatic heterocycles. The third kappa shape index (κ3) is 3.93. The highest BCUT2D eigenvalue weighted by Gasteiger charge is 2.06. The fourth-order valence-electron chi connectivity index (χ4n) is 1.67. The third-order valence-corrected chi connectivity index (χ3v) is 3.22. The second kappa shape index (κ2) is 6.37. The van der Waals surface area contributed by atoms with E-state index < -0.39 is 0 Å². The first-order chi connectivity index (χ1) is 9.08. The van der Waals surface area contributed by atoms with Crippen LogP contribution in [0.5, 0.6) is 11.5 Å². The van der Waals surface area contributed by atoms with E-state index in [9.17, 15) is 4.39 Å². The van der Waals surface area contributed by atoms with E-state index in [1.165, 1.54) is 12.1 Å². The molecule has 0 spiro atoms. The quantitative estimate of drug-likeness (QED) is 0.864. The van der Waals surface area contributed by atoms with E-state index in [-0.39, 0.29) is 5.82 Å². The molecule has 0 atom stereocenters. The number of halogens is 3. The summed E-state index contributed by atoms with van der Waals surface area (Å²) in [6, 6.07) is 9.84. The van der Waals surface area contributed by atoms with Crippen LogP contribution in [0.15, 0.2) is 40.9 Å². The van der Waals surface area contributed by atoms with E-state index in [1.807, 2.05) is 6.07 Å². The Morgan fingerprint density at radius 2 is 2.05 bits per heavy atom. The molecule has 0 radical (unpaired) electrons. The molecule has 0 heterocycles. The molecule has 2 nitrogen and oxygen atoms in total. The van der Waals surface area contributed by atoms with Crippen LogP contribution >= 0.6 is 27.5 Å². The molecule has 0 aliphatic carbocycles. The second-order valence-corrected chi connectivity index (χ2v) is 5.33. The number of ether oxygens (including phenoxy) is 1. The van der Waals surface area contributed by atoms with Crippen LogP contribution in [0.25, 0.3) is 0 Å². The van der Waals surface area contributed by atoms with Crippen molar-refractivity contribution in [3.8, 4) is 11.5 Å². The summed E-state index contributed by atoms with van der Waals surface area (Å²) in [7, 11) is 1.80. The molecule has 0 aliphatic rings. The van der Waals surface area contributed by atoms with Gasteiger partial charge in [-0.15, -0.1) is 0 Å². The molecule has 0 fully saturated rings. The number of hydrogen-bond donors (Lipinski definition) is 1. The van der Waals surface area contributed by atoms with Crippen LogP contribution < -0.4 is 10.1 Å². The van der Waals surface area contributed by atoms with Gasteiger partial charge in [-0.2, -0.15) is 0 Å². The van der Waals surface area contributed by atoms with Crippen molar-refractivity contribution in [3.05, 3.63) is 57.3 Å². The zero-order chi connectivity index (χ0) is 13.8. The Bertz CT molecular complexity index is 592. The predicted molar refractivity (Wildman–Crippen MR) is 78.4 cm³/mol. The highest BCUT2D eigenvalue weighted by Crippen LogP contribution is 2.32. The van der Waals surface area contributed by atoms with E-state index in [0.717, 1.165) is 10.0 Å². The number of benzene rings is 2. The van der Waals surface area contributed by atoms with Gasteiger partial charge in [-0.05, 0) is 42.9 Å². The van der Waals surface area contributed by atoms with Crippen LogP contribution in [0.2, 0.25) is 5.02 Å². The Morgan fingerprint density at radius 3 is 2.74 bits per heavy atom. The molecule has 0 saturated carbocycles. The lowest BCUT2D eigenvalue weighted by Crippen LogP contribution is -2.05. The second-order valence-electron chi connectivity index (χ2n) is 4.00. The van der Waals surface area contributed by atoms with Crippen molar-refractivity contribution < 1.29 is 9.13 Å². The zero-order valence-electron chi connectivity index (χ0n) is 10.2. The van der Waals surface area contributed by atoms with Gasteiger partial charge in [0.1, 0.15) is 17.3 Å². The van der Waals surface area contributed by atoms with Gasteiger partial charge in [0.2, 0.25) is 0 Å². The minimum atomic E-state index is -0.337. The molecule has 19 heavy (non-hydrogen) atoms. The number of hydrogen-bond acceptors (Lipinski definition) is 2. The van der Waals surface area contributed by atoms with E-state index in [2.05, 4.69) is 21.2 Å². The molecule has 0 amide bonds. The predicted octanol–water partition coefficient (Wildman–Crippen LogP) is 4.75. The lowest BCUT2D eigenvalue weighted by molar-refractivity contribution is 0.475. The zero-order valence-corrected chi connectivity index (χ0v) is 12.6. The highest BCUT2D eigenvalue weighted by atomic mass is 79.9. The fourth-order valence-corrected chi connectivity index (χ4v) is 2.38. The normalized spacial score (nSPS) is 10.5. The topological polar surface area (TPSA) is 21.3 Å². The molecule has 2 aromatic carbocycles. The summed E-state index contributed by atoms with van der Waals surface area (Å²) in [5, 5.41) is 3.43. The van der Waals surface area contributed by atoms with E-state index in [1.54, 1.807) is 25.2 Å². The number of rotatable bonds is 4. The molecule has 1 N–H and O–H groups in total. The van der Waals surface area contributed by atoms with Crippen LogP contribution in [0.4, 0.5) is 4.39 Å². The van der Waals surface area contributed by atoms with Crippen molar-refractivity contribution in [2.24, 2.45) is 0 Å². The smallest absolute Gasteiger partial charge is 0.146 e. The Morgan fingerprint density at radius 1 is 1.26 bits per heavy atom. The van der Waals surface area contributed by atoms with Gasteiger partial charge in [-0.1, -0.05) is 27.5 Å². The molecule has 5 heteroatoms. The average molecular weight is 345 g/mol. The van der Waals surface area contributed by atoms with Crippen molar-refractivity contribution in [3.63, 3.8) is 0 Å². The molecule has 2 rings (SSSR count). The molecular formula is C14H12BrClFNO. The standard InChI is InChI=1S/C14H12BrClFNO/c1-18-8-9-4-11(17)7-12(5-9)19-14-3-2-10(15)6-13(14)16/h2-7,18H,8H2,1H3. The van der Waals surface area contributed by atoms with Crippen molar-refractivity contribution in [2.45, 2.75) is 6.54 Å². The van der Waals surface area contributed by atoms with Gasteiger partial charge in [-0.3, -0.25) is 0 Å². The largest absolute Gasteiger partial charge is 0.456 e. The summed E-state index contributed by atoms with van der Waals surface area (Å²) in [4.78, 5) is 0. The number of nitrogens with one attached hydrogen (secondary N) is 1. The van der Waals surface area contributed by atoms with Crippen molar-refractivity contribution >= 4 is 27.5 Å². The van der Waals surface area contributed by atoms with Gasteiger partial charge in [0.05, 0.1) is 5.02 Å². The summed E-state index contributed by atoms with van der Waals surface area (Å²) >= 11 is 9.38. The van der Waals surface area contributed by atoms with Crippen LogP contribution in [-0.2, 0) is 6.54 Å². The van der Waals surface area contributed by atoms with Gasteiger partial charge in [0.15, 0.2) is 0 Å². The molecule has 0 unspecified atom stereocenters. The summed E-state index contributed by atoms with van der Waals surface area (Å²) in [6.45, 7) is 0.572. The van der Waals surface area contributed by atoms with Gasteiger partial charge in [0.25, 0.3) is 0 Å². The van der Waals surface area contributed by atoms with E-state index >= 15 is 0 Å². The maximum Gasteiger partial charge on any atom is 0.146 e.